The second kappa shape index (κ2) is 2.90. The van der Waals surface area contributed by atoms with E-state index < -0.39 is 4.87 Å². The van der Waals surface area contributed by atoms with Crippen LogP contribution in [0, 0.1) is 0 Å². The summed E-state index contributed by atoms with van der Waals surface area (Å²) in [6, 6.07) is -0.184. The number of carbonyl (C=O) groups excluding carboxylic acids is 2. The molecule has 0 saturated carbocycles. The van der Waals surface area contributed by atoms with Crippen LogP contribution in [0.4, 0.5) is 0 Å². The van der Waals surface area contributed by atoms with E-state index in [2.05, 4.69) is 12.6 Å². The third-order valence-corrected chi connectivity index (χ3v) is 4.42. The molecule has 0 aromatic carbocycles. The van der Waals surface area contributed by atoms with Crippen LogP contribution in [0.2, 0.25) is 0 Å². The molecule has 15 heavy (non-hydrogen) atoms. The Morgan fingerprint density at radius 3 is 2.87 bits per heavy atom. The van der Waals surface area contributed by atoms with Gasteiger partial charge in [0.15, 0.2) is 4.87 Å². The molecule has 0 aliphatic carbocycles. The van der Waals surface area contributed by atoms with Crippen molar-refractivity contribution in [3.63, 3.8) is 0 Å². The molecule has 3 aliphatic heterocycles. The van der Waals surface area contributed by atoms with Crippen molar-refractivity contribution in [2.45, 2.75) is 36.6 Å². The van der Waals surface area contributed by atoms with E-state index in [1.54, 1.807) is 9.80 Å². The smallest absolute Gasteiger partial charge is 0.259 e. The minimum absolute atomic E-state index is 0.0467. The summed E-state index contributed by atoms with van der Waals surface area (Å²) in [4.78, 5) is 26.9. The molecule has 3 saturated heterocycles. The van der Waals surface area contributed by atoms with E-state index in [1.165, 1.54) is 0 Å². The average Bonchev–Trinajstić information content (AvgIpc) is 2.81. The van der Waals surface area contributed by atoms with Crippen molar-refractivity contribution in [3.8, 4) is 0 Å². The lowest BCUT2D eigenvalue weighted by molar-refractivity contribution is -0.159. The van der Waals surface area contributed by atoms with Crippen molar-refractivity contribution in [3.05, 3.63) is 0 Å². The summed E-state index contributed by atoms with van der Waals surface area (Å²) in [5.74, 6) is 0.157. The van der Waals surface area contributed by atoms with Crippen LogP contribution in [0.1, 0.15) is 25.7 Å². The lowest BCUT2D eigenvalue weighted by atomic mass is 10.1. The number of thiol groups is 1. The molecule has 0 bridgehead atoms. The molecule has 0 aromatic rings. The van der Waals surface area contributed by atoms with Crippen molar-refractivity contribution in [2.24, 2.45) is 0 Å². The van der Waals surface area contributed by atoms with Crippen LogP contribution in [0.3, 0.4) is 0 Å². The molecule has 3 aliphatic rings. The van der Waals surface area contributed by atoms with Gasteiger partial charge in [-0.25, -0.2) is 0 Å². The Hall–Kier alpha value is -0.710. The Morgan fingerprint density at radius 1 is 1.27 bits per heavy atom. The predicted octanol–water partition coefficient (Wildman–Crippen LogP) is 0.239. The van der Waals surface area contributed by atoms with E-state index >= 15 is 0 Å². The van der Waals surface area contributed by atoms with E-state index in [1.807, 2.05) is 0 Å². The number of amides is 2. The summed E-state index contributed by atoms with van der Waals surface area (Å²) >= 11 is 4.46. The van der Waals surface area contributed by atoms with Gasteiger partial charge in [-0.15, -0.1) is 12.6 Å². The molecule has 0 N–H and O–H groups in total. The molecule has 82 valence electrons. The first kappa shape index (κ1) is 9.51. The number of rotatable bonds is 0. The molecule has 3 heterocycles. The van der Waals surface area contributed by atoms with E-state index in [0.29, 0.717) is 13.0 Å². The van der Waals surface area contributed by atoms with E-state index in [4.69, 9.17) is 0 Å². The highest BCUT2D eigenvalue weighted by Gasteiger charge is 2.57. The number of carbonyl (C=O) groups is 2. The minimum atomic E-state index is -0.822. The summed E-state index contributed by atoms with van der Waals surface area (Å²) in [5.41, 5.74) is 0. The molecule has 3 rings (SSSR count). The zero-order valence-electron chi connectivity index (χ0n) is 8.48. The average molecular weight is 226 g/mol. The fraction of sp³-hybridized carbons (Fsp3) is 0.800. The lowest BCUT2D eigenvalue weighted by Crippen LogP contribution is -2.65. The maximum Gasteiger partial charge on any atom is 0.259 e. The lowest BCUT2D eigenvalue weighted by Gasteiger charge is -2.44. The first-order chi connectivity index (χ1) is 7.14. The van der Waals surface area contributed by atoms with E-state index in [0.717, 1.165) is 25.8 Å². The third-order valence-electron chi connectivity index (χ3n) is 3.76. The molecular formula is C10H14N2O2S. The molecule has 2 unspecified atom stereocenters. The quantitative estimate of drug-likeness (QED) is 0.601. The number of nitrogens with zero attached hydrogens (tertiary/aromatic N) is 2. The van der Waals surface area contributed by atoms with Crippen molar-refractivity contribution >= 4 is 24.4 Å². The van der Waals surface area contributed by atoms with Crippen LogP contribution >= 0.6 is 12.6 Å². The van der Waals surface area contributed by atoms with E-state index in [9.17, 15) is 9.59 Å². The molecule has 2 atom stereocenters. The second-order valence-electron chi connectivity index (χ2n) is 4.57. The first-order valence-corrected chi connectivity index (χ1v) is 5.94. The van der Waals surface area contributed by atoms with Gasteiger partial charge in [-0.05, 0) is 25.7 Å². The summed E-state index contributed by atoms with van der Waals surface area (Å²) in [7, 11) is 0. The second-order valence-corrected chi connectivity index (χ2v) is 5.31. The number of hydrogen-bond donors (Lipinski definition) is 1. The fourth-order valence-electron chi connectivity index (χ4n) is 2.99. The van der Waals surface area contributed by atoms with Crippen molar-refractivity contribution in [1.29, 1.82) is 0 Å². The van der Waals surface area contributed by atoms with Crippen molar-refractivity contribution in [1.82, 2.24) is 9.80 Å². The Balaban J connectivity index is 2.03. The van der Waals surface area contributed by atoms with Crippen LogP contribution in [0.5, 0.6) is 0 Å². The Bertz CT molecular complexity index is 346. The molecular weight excluding hydrogens is 212 g/mol. The first-order valence-electron chi connectivity index (χ1n) is 5.49. The zero-order valence-corrected chi connectivity index (χ0v) is 9.37. The Kier molecular flexibility index (Phi) is 1.84. The summed E-state index contributed by atoms with van der Waals surface area (Å²) < 4.78 is 0. The standard InChI is InChI=1S/C10H14N2O2S/c13-8-7-3-1-5-11(7)9(14)10(15)4-2-6-12(8)10/h7,15H,1-6H2. The minimum Gasteiger partial charge on any atom is -0.328 e. The fourth-order valence-corrected chi connectivity index (χ4v) is 3.48. The third kappa shape index (κ3) is 1.04. The molecule has 4 nitrogen and oxygen atoms in total. The van der Waals surface area contributed by atoms with Crippen molar-refractivity contribution < 1.29 is 9.59 Å². The van der Waals surface area contributed by atoms with Gasteiger partial charge in [0, 0.05) is 13.1 Å². The van der Waals surface area contributed by atoms with Gasteiger partial charge >= 0.3 is 0 Å². The van der Waals surface area contributed by atoms with Gasteiger partial charge < -0.3 is 9.80 Å². The van der Waals surface area contributed by atoms with Crippen LogP contribution in [-0.4, -0.2) is 45.6 Å². The van der Waals surface area contributed by atoms with Crippen LogP contribution in [0.15, 0.2) is 0 Å². The zero-order chi connectivity index (χ0) is 10.6. The molecule has 2 amide bonds. The maximum absolute atomic E-state index is 12.2. The molecule has 0 spiro atoms. The maximum atomic E-state index is 12.2. The van der Waals surface area contributed by atoms with Crippen LogP contribution < -0.4 is 0 Å². The van der Waals surface area contributed by atoms with Gasteiger partial charge in [-0.2, -0.15) is 0 Å². The highest BCUT2D eigenvalue weighted by Crippen LogP contribution is 2.41. The topological polar surface area (TPSA) is 40.6 Å². The van der Waals surface area contributed by atoms with Gasteiger partial charge in [0.2, 0.25) is 5.91 Å². The molecule has 0 radical (unpaired) electrons. The Morgan fingerprint density at radius 2 is 2.07 bits per heavy atom. The van der Waals surface area contributed by atoms with Crippen molar-refractivity contribution in [2.75, 3.05) is 13.1 Å². The summed E-state index contributed by atoms with van der Waals surface area (Å²) in [6.45, 7) is 1.42. The number of fused-ring (bicyclic) bond motifs is 2. The molecule has 0 aromatic heterocycles. The summed E-state index contributed by atoms with van der Waals surface area (Å²) in [6.07, 6.45) is 3.36. The van der Waals surface area contributed by atoms with Gasteiger partial charge in [0.05, 0.1) is 0 Å². The van der Waals surface area contributed by atoms with Gasteiger partial charge in [0.25, 0.3) is 5.91 Å². The normalized spacial score (nSPS) is 39.7. The highest BCUT2D eigenvalue weighted by atomic mass is 32.1. The summed E-state index contributed by atoms with van der Waals surface area (Å²) in [5, 5.41) is 0. The SMILES string of the molecule is O=C1C2CCCN2C(=O)C2(S)CCCN12. The van der Waals surface area contributed by atoms with Gasteiger partial charge in [-0.3, -0.25) is 9.59 Å². The van der Waals surface area contributed by atoms with Crippen LogP contribution in [-0.2, 0) is 9.59 Å². The predicted molar refractivity (Wildman–Crippen MR) is 57.4 cm³/mol. The highest BCUT2D eigenvalue weighted by molar-refractivity contribution is 7.82. The largest absolute Gasteiger partial charge is 0.328 e. The molecule has 3 fully saturated rings. The van der Waals surface area contributed by atoms with Gasteiger partial charge in [0.1, 0.15) is 6.04 Å². The van der Waals surface area contributed by atoms with E-state index in [-0.39, 0.29) is 17.9 Å². The Labute approximate surface area is 94.0 Å². The van der Waals surface area contributed by atoms with Gasteiger partial charge in [-0.1, -0.05) is 0 Å². The molecule has 5 heteroatoms. The number of piperazine rings is 1. The van der Waals surface area contributed by atoms with Crippen LogP contribution in [0.25, 0.3) is 0 Å². The monoisotopic (exact) mass is 226 g/mol. The number of hydrogen-bond acceptors (Lipinski definition) is 3.